The van der Waals surface area contributed by atoms with Gasteiger partial charge in [-0.3, -0.25) is 0 Å². The van der Waals surface area contributed by atoms with E-state index in [1.54, 1.807) is 0 Å². The molecular formula is C17H24As2O3. The molecule has 0 bridgehead atoms. The van der Waals surface area contributed by atoms with Crippen molar-refractivity contribution in [1.82, 2.24) is 0 Å². The molecule has 2 aromatic carbocycles. The summed E-state index contributed by atoms with van der Waals surface area (Å²) in [7, 11) is 0. The third-order valence-corrected chi connectivity index (χ3v) is 6.87. The fourth-order valence-electron chi connectivity index (χ4n) is 1.89. The van der Waals surface area contributed by atoms with Crippen LogP contribution in [0.15, 0.2) is 54.6 Å². The zero-order valence-corrected chi connectivity index (χ0v) is 17.6. The molecule has 0 unspecified atom stereocenters. The van der Waals surface area contributed by atoms with Crippen LogP contribution in [0.4, 0.5) is 0 Å². The van der Waals surface area contributed by atoms with Gasteiger partial charge >= 0.3 is 140 Å². The average molecular weight is 426 g/mol. The molecule has 2 radical (unpaired) electrons. The fraction of sp³-hybridized carbons (Fsp3) is 0.294. The molecule has 0 N–H and O–H groups in total. The first-order valence-electron chi connectivity index (χ1n) is 7.13. The van der Waals surface area contributed by atoms with Crippen LogP contribution in [0.5, 0.6) is 17.2 Å². The molecule has 22 heavy (non-hydrogen) atoms. The van der Waals surface area contributed by atoms with Gasteiger partial charge in [-0.25, -0.2) is 0 Å². The molecule has 5 heteroatoms. The van der Waals surface area contributed by atoms with E-state index in [0.29, 0.717) is 0 Å². The first kappa shape index (κ1) is 17.3. The molecule has 120 valence electrons. The molecule has 0 saturated carbocycles. The summed E-state index contributed by atoms with van der Waals surface area (Å²) in [5.74, 6) is 2.46. The van der Waals surface area contributed by atoms with Gasteiger partial charge in [-0.2, -0.15) is 0 Å². The minimum absolute atomic E-state index is 0.785. The van der Waals surface area contributed by atoms with Gasteiger partial charge in [0.25, 0.3) is 0 Å². The van der Waals surface area contributed by atoms with Gasteiger partial charge in [-0.1, -0.05) is 0 Å². The maximum absolute atomic E-state index is 6.23. The first-order chi connectivity index (χ1) is 10.3. The van der Waals surface area contributed by atoms with E-state index in [2.05, 4.69) is 28.6 Å². The van der Waals surface area contributed by atoms with Crippen molar-refractivity contribution >= 4 is 28.1 Å². The Labute approximate surface area is 139 Å². The number of benzene rings is 2. The van der Waals surface area contributed by atoms with E-state index in [4.69, 9.17) is 11.2 Å². The van der Waals surface area contributed by atoms with Crippen molar-refractivity contribution in [2.75, 3.05) is 0 Å². The molecule has 0 aliphatic carbocycles. The summed E-state index contributed by atoms with van der Waals surface area (Å²) in [6.07, 6.45) is 0. The quantitative estimate of drug-likeness (QED) is 0.605. The summed E-state index contributed by atoms with van der Waals surface area (Å²) in [6.45, 7) is 0. The van der Waals surface area contributed by atoms with Crippen LogP contribution in [0.25, 0.3) is 0 Å². The van der Waals surface area contributed by atoms with Crippen molar-refractivity contribution in [2.24, 2.45) is 0 Å². The van der Waals surface area contributed by atoms with Gasteiger partial charge in [0.05, 0.1) is 0 Å². The molecule has 0 atom stereocenters. The normalized spacial score (nSPS) is 11.9. The van der Waals surface area contributed by atoms with Crippen LogP contribution in [0.3, 0.4) is 0 Å². The van der Waals surface area contributed by atoms with E-state index in [1.165, 1.54) is 0 Å². The van der Waals surface area contributed by atoms with Crippen LogP contribution in [0.1, 0.15) is 0 Å². The fourth-order valence-corrected chi connectivity index (χ4v) is 6.15. The van der Waals surface area contributed by atoms with E-state index < -0.39 is 28.1 Å². The second-order valence-corrected chi connectivity index (χ2v) is 20.5. The minimum atomic E-state index is -2.72. The van der Waals surface area contributed by atoms with Crippen LogP contribution in [0, 0.1) is 0 Å². The monoisotopic (exact) mass is 426 g/mol. The van der Waals surface area contributed by atoms with Crippen molar-refractivity contribution < 1.29 is 11.2 Å². The van der Waals surface area contributed by atoms with Gasteiger partial charge in [-0.15, -0.1) is 0 Å². The van der Waals surface area contributed by atoms with Crippen LogP contribution < -0.4 is 11.2 Å². The second-order valence-electron chi connectivity index (χ2n) is 6.18. The van der Waals surface area contributed by atoms with Gasteiger partial charge in [0.1, 0.15) is 0 Å². The molecule has 0 fully saturated rings. The molecule has 0 aromatic heterocycles. The summed E-state index contributed by atoms with van der Waals surface area (Å²) in [4.78, 5) is 0. The standard InChI is InChI=1S/C17H24As2O3/c1-18(2,3)21-16-13-9-10-14-17(16)22-19(4,5)20-15-11-7-6-8-12-15/h6-14H,1-5H3. The average Bonchev–Trinajstić information content (AvgIpc) is 2.40. The molecule has 0 aliphatic rings. The first-order valence-corrected chi connectivity index (χ1v) is 18.8. The topological polar surface area (TPSA) is 27.7 Å². The van der Waals surface area contributed by atoms with Crippen LogP contribution >= 0.6 is 0 Å². The Bertz CT molecular complexity index is 607. The van der Waals surface area contributed by atoms with Crippen LogP contribution in [0.2, 0.25) is 28.6 Å². The summed E-state index contributed by atoms with van der Waals surface area (Å²) in [6, 6.07) is 17.7. The van der Waals surface area contributed by atoms with Crippen LogP contribution in [-0.4, -0.2) is 28.1 Å². The molecule has 0 aliphatic heterocycles. The van der Waals surface area contributed by atoms with Crippen molar-refractivity contribution in [3.05, 3.63) is 54.6 Å². The number of rotatable bonds is 6. The Morgan fingerprint density at radius 1 is 0.591 bits per heavy atom. The number of para-hydroxylation sites is 3. The molecule has 0 amide bonds. The Kier molecular flexibility index (Phi) is 5.53. The summed E-state index contributed by atoms with van der Waals surface area (Å²) in [5.41, 5.74) is 10.7. The van der Waals surface area contributed by atoms with E-state index in [1.807, 2.05) is 54.6 Å². The van der Waals surface area contributed by atoms with Crippen molar-refractivity contribution in [1.29, 1.82) is 0 Å². The Hall–Kier alpha value is -1.04. The third-order valence-electron chi connectivity index (χ3n) is 2.61. The SMILES string of the molecule is C[As](C)(C)Oc1ccccc1O[As](C)(C)Oc1ccccc1. The molecule has 2 rings (SSSR count). The molecular weight excluding hydrogens is 402 g/mol. The van der Waals surface area contributed by atoms with E-state index in [-0.39, 0.29) is 0 Å². The van der Waals surface area contributed by atoms with E-state index in [0.717, 1.165) is 17.2 Å². The van der Waals surface area contributed by atoms with Crippen molar-refractivity contribution in [3.63, 3.8) is 0 Å². The molecule has 0 heterocycles. The molecule has 2 aromatic rings. The van der Waals surface area contributed by atoms with Crippen molar-refractivity contribution in [2.45, 2.75) is 28.6 Å². The third kappa shape index (κ3) is 5.63. The molecule has 0 spiro atoms. The summed E-state index contributed by atoms with van der Waals surface area (Å²) in [5, 5.41) is 0. The maximum atomic E-state index is 6.23. The zero-order valence-electron chi connectivity index (χ0n) is 13.8. The van der Waals surface area contributed by atoms with E-state index >= 15 is 0 Å². The second kappa shape index (κ2) is 7.02. The van der Waals surface area contributed by atoms with E-state index in [9.17, 15) is 0 Å². The predicted molar refractivity (Wildman–Crippen MR) is 95.6 cm³/mol. The molecule has 0 saturated heterocycles. The van der Waals surface area contributed by atoms with Gasteiger partial charge < -0.3 is 0 Å². The Morgan fingerprint density at radius 2 is 1.09 bits per heavy atom. The van der Waals surface area contributed by atoms with Gasteiger partial charge in [-0.05, 0) is 0 Å². The van der Waals surface area contributed by atoms with Gasteiger partial charge in [0.2, 0.25) is 0 Å². The summed E-state index contributed by atoms with van der Waals surface area (Å²) < 4.78 is 18.5. The Morgan fingerprint density at radius 3 is 1.64 bits per heavy atom. The zero-order chi connectivity index (χ0) is 16.2. The van der Waals surface area contributed by atoms with Gasteiger partial charge in [0, 0.05) is 0 Å². The van der Waals surface area contributed by atoms with Gasteiger partial charge in [0.15, 0.2) is 0 Å². The Balaban J connectivity index is 2.15. The van der Waals surface area contributed by atoms with Crippen LogP contribution in [-0.2, 0) is 0 Å². The number of hydrogen-bond acceptors (Lipinski definition) is 3. The predicted octanol–water partition coefficient (Wildman–Crippen LogP) is 5.06. The molecule has 3 nitrogen and oxygen atoms in total. The summed E-state index contributed by atoms with van der Waals surface area (Å²) >= 11 is -4.74. The number of hydrogen-bond donors (Lipinski definition) is 0. The van der Waals surface area contributed by atoms with Crippen molar-refractivity contribution in [3.8, 4) is 17.2 Å².